The van der Waals surface area contributed by atoms with Crippen molar-refractivity contribution in [2.24, 2.45) is 0 Å². The summed E-state index contributed by atoms with van der Waals surface area (Å²) in [4.78, 5) is 12.1. The molecule has 0 fully saturated rings. The van der Waals surface area contributed by atoms with E-state index in [-0.39, 0.29) is 18.3 Å². The van der Waals surface area contributed by atoms with Gasteiger partial charge in [0.15, 0.2) is 5.76 Å². The topological polar surface area (TPSA) is 57.3 Å². The van der Waals surface area contributed by atoms with Crippen LogP contribution in [0.2, 0.25) is 10.0 Å². The molecule has 2 heterocycles. The van der Waals surface area contributed by atoms with Gasteiger partial charge in [0, 0.05) is 11.2 Å². The van der Waals surface area contributed by atoms with Crippen LogP contribution in [0.25, 0.3) is 0 Å². The maximum Gasteiger partial charge on any atom is 0.313 e. The second kappa shape index (κ2) is 6.78. The standard InChI is InChI=1S/C15H9BrCl2N2O3/c16-9-6-19-20(7-9)15(21)14-4-2-11(23-14)8-22-13-3-1-10(17)5-12(13)18/h1-7H,8H2. The lowest BCUT2D eigenvalue weighted by molar-refractivity contribution is 0.0913. The Morgan fingerprint density at radius 3 is 2.83 bits per heavy atom. The minimum absolute atomic E-state index is 0.136. The number of hydrogen-bond acceptors (Lipinski definition) is 4. The number of hydrogen-bond donors (Lipinski definition) is 0. The van der Waals surface area contributed by atoms with Crippen molar-refractivity contribution in [3.63, 3.8) is 0 Å². The number of aromatic nitrogens is 2. The summed E-state index contributed by atoms with van der Waals surface area (Å²) in [6, 6.07) is 8.16. The highest BCUT2D eigenvalue weighted by Gasteiger charge is 2.15. The zero-order chi connectivity index (χ0) is 16.4. The van der Waals surface area contributed by atoms with E-state index in [0.717, 1.165) is 0 Å². The quantitative estimate of drug-likeness (QED) is 0.613. The van der Waals surface area contributed by atoms with Crippen LogP contribution in [0.4, 0.5) is 0 Å². The van der Waals surface area contributed by atoms with Crippen molar-refractivity contribution >= 4 is 45.0 Å². The molecule has 0 radical (unpaired) electrons. The maximum absolute atomic E-state index is 12.1. The number of benzene rings is 1. The largest absolute Gasteiger partial charge is 0.484 e. The molecule has 118 valence electrons. The Kier molecular flexibility index (Phi) is 4.75. The molecular weight excluding hydrogens is 407 g/mol. The molecule has 0 unspecified atom stereocenters. The SMILES string of the molecule is O=C(c1ccc(COc2ccc(Cl)cc2Cl)o1)n1cc(Br)cn1. The van der Waals surface area contributed by atoms with Crippen molar-refractivity contribution in [1.82, 2.24) is 9.78 Å². The van der Waals surface area contributed by atoms with Crippen molar-refractivity contribution in [1.29, 1.82) is 0 Å². The first-order valence-electron chi connectivity index (χ1n) is 6.44. The Morgan fingerprint density at radius 2 is 2.13 bits per heavy atom. The van der Waals surface area contributed by atoms with Crippen molar-refractivity contribution < 1.29 is 13.9 Å². The van der Waals surface area contributed by atoms with Gasteiger partial charge in [0.25, 0.3) is 0 Å². The third-order valence-corrected chi connectivity index (χ3v) is 3.84. The van der Waals surface area contributed by atoms with Crippen LogP contribution in [0, 0.1) is 0 Å². The van der Waals surface area contributed by atoms with E-state index in [4.69, 9.17) is 32.4 Å². The highest BCUT2D eigenvalue weighted by molar-refractivity contribution is 9.10. The summed E-state index contributed by atoms with van der Waals surface area (Å²) in [7, 11) is 0. The van der Waals surface area contributed by atoms with Crippen LogP contribution in [0.1, 0.15) is 16.3 Å². The van der Waals surface area contributed by atoms with Gasteiger partial charge >= 0.3 is 5.91 Å². The molecule has 0 bridgehead atoms. The first-order chi connectivity index (χ1) is 11.0. The van der Waals surface area contributed by atoms with Gasteiger partial charge in [-0.05, 0) is 46.3 Å². The van der Waals surface area contributed by atoms with E-state index in [1.165, 1.54) is 10.9 Å². The zero-order valence-corrected chi connectivity index (χ0v) is 14.6. The first kappa shape index (κ1) is 16.1. The fourth-order valence-electron chi connectivity index (χ4n) is 1.84. The van der Waals surface area contributed by atoms with Crippen molar-refractivity contribution in [3.8, 4) is 5.75 Å². The molecule has 2 aromatic heterocycles. The molecule has 3 rings (SSSR count). The van der Waals surface area contributed by atoms with Crippen LogP contribution in [0.3, 0.4) is 0 Å². The van der Waals surface area contributed by atoms with Crippen LogP contribution < -0.4 is 4.74 Å². The van der Waals surface area contributed by atoms with Crippen molar-refractivity contribution in [3.05, 3.63) is 68.8 Å². The van der Waals surface area contributed by atoms with Crippen molar-refractivity contribution in [2.75, 3.05) is 0 Å². The Morgan fingerprint density at radius 1 is 1.30 bits per heavy atom. The third kappa shape index (κ3) is 3.77. The number of carbonyl (C=O) groups excluding carboxylic acids is 1. The van der Waals surface area contributed by atoms with Gasteiger partial charge < -0.3 is 9.15 Å². The molecule has 0 aliphatic rings. The molecule has 3 aromatic rings. The lowest BCUT2D eigenvalue weighted by Gasteiger charge is -2.06. The van der Waals surface area contributed by atoms with Gasteiger partial charge in [-0.15, -0.1) is 0 Å². The average Bonchev–Trinajstić information content (AvgIpc) is 3.15. The molecular formula is C15H9BrCl2N2O3. The summed E-state index contributed by atoms with van der Waals surface area (Å²) in [6.45, 7) is 0.136. The van der Waals surface area contributed by atoms with Crippen LogP contribution in [0.5, 0.6) is 5.75 Å². The van der Waals surface area contributed by atoms with E-state index in [9.17, 15) is 4.79 Å². The molecule has 0 spiro atoms. The van der Waals surface area contributed by atoms with Crippen LogP contribution in [-0.2, 0) is 6.61 Å². The van der Waals surface area contributed by atoms with Gasteiger partial charge in [-0.25, -0.2) is 4.68 Å². The summed E-state index contributed by atoms with van der Waals surface area (Å²) in [6.07, 6.45) is 3.07. The number of furan rings is 1. The van der Waals surface area contributed by atoms with Gasteiger partial charge in [0.05, 0.1) is 15.7 Å². The number of carbonyl (C=O) groups is 1. The molecule has 0 aliphatic heterocycles. The Hall–Kier alpha value is -1.76. The summed E-state index contributed by atoms with van der Waals surface area (Å²) in [5.41, 5.74) is 0. The summed E-state index contributed by atoms with van der Waals surface area (Å²) >= 11 is 15.1. The minimum Gasteiger partial charge on any atom is -0.484 e. The predicted molar refractivity (Wildman–Crippen MR) is 89.2 cm³/mol. The molecule has 5 nitrogen and oxygen atoms in total. The van der Waals surface area contributed by atoms with E-state index in [0.29, 0.717) is 26.0 Å². The third-order valence-electron chi connectivity index (χ3n) is 2.90. The summed E-state index contributed by atoms with van der Waals surface area (Å²) in [5.74, 6) is 0.773. The van der Waals surface area contributed by atoms with Crippen LogP contribution in [-0.4, -0.2) is 15.7 Å². The maximum atomic E-state index is 12.1. The van der Waals surface area contributed by atoms with Gasteiger partial charge in [0.1, 0.15) is 18.1 Å². The van der Waals surface area contributed by atoms with E-state index in [1.807, 2.05) is 0 Å². The molecule has 8 heteroatoms. The zero-order valence-electron chi connectivity index (χ0n) is 11.5. The van der Waals surface area contributed by atoms with E-state index in [2.05, 4.69) is 21.0 Å². The number of rotatable bonds is 4. The van der Waals surface area contributed by atoms with Crippen LogP contribution >= 0.6 is 39.1 Å². The average molecular weight is 416 g/mol. The first-order valence-corrected chi connectivity index (χ1v) is 7.99. The molecule has 0 saturated heterocycles. The fraction of sp³-hybridized carbons (Fsp3) is 0.0667. The normalized spacial score (nSPS) is 10.7. The summed E-state index contributed by atoms with van der Waals surface area (Å²) in [5, 5.41) is 4.84. The van der Waals surface area contributed by atoms with Gasteiger partial charge in [-0.1, -0.05) is 23.2 Å². The monoisotopic (exact) mass is 414 g/mol. The van der Waals surface area contributed by atoms with E-state index >= 15 is 0 Å². The Labute approximate surface area is 149 Å². The molecule has 0 aliphatic carbocycles. The Bertz CT molecular complexity index is 860. The smallest absolute Gasteiger partial charge is 0.313 e. The van der Waals surface area contributed by atoms with Gasteiger partial charge in [0.2, 0.25) is 0 Å². The van der Waals surface area contributed by atoms with E-state index < -0.39 is 0 Å². The minimum atomic E-state index is -0.369. The lowest BCUT2D eigenvalue weighted by atomic mass is 10.3. The second-order valence-corrected chi connectivity index (χ2v) is 6.30. The van der Waals surface area contributed by atoms with Gasteiger partial charge in [-0.3, -0.25) is 4.79 Å². The molecule has 0 saturated carbocycles. The summed E-state index contributed by atoms with van der Waals surface area (Å²) < 4.78 is 12.9. The lowest BCUT2D eigenvalue weighted by Crippen LogP contribution is -2.11. The molecule has 1 aromatic carbocycles. The highest BCUT2D eigenvalue weighted by atomic mass is 79.9. The van der Waals surface area contributed by atoms with Gasteiger partial charge in [-0.2, -0.15) is 5.10 Å². The molecule has 23 heavy (non-hydrogen) atoms. The van der Waals surface area contributed by atoms with Crippen molar-refractivity contribution in [2.45, 2.75) is 6.61 Å². The second-order valence-electron chi connectivity index (χ2n) is 4.54. The fourth-order valence-corrected chi connectivity index (χ4v) is 2.58. The highest BCUT2D eigenvalue weighted by Crippen LogP contribution is 2.28. The predicted octanol–water partition coefficient (Wildman–Crippen LogP) is 4.81. The molecule has 0 amide bonds. The molecule has 0 atom stereocenters. The molecule has 0 N–H and O–H groups in total. The van der Waals surface area contributed by atoms with Crippen LogP contribution in [0.15, 0.2) is 51.6 Å². The number of halogens is 3. The van der Waals surface area contributed by atoms with E-state index in [1.54, 1.807) is 36.5 Å². The number of ether oxygens (including phenoxy) is 1. The number of nitrogens with zero attached hydrogens (tertiary/aromatic N) is 2. The Balaban J connectivity index is 1.68.